The molecule has 0 radical (unpaired) electrons. The van der Waals surface area contributed by atoms with E-state index < -0.39 is 5.82 Å². The van der Waals surface area contributed by atoms with Gasteiger partial charge in [0.15, 0.2) is 5.82 Å². The standard InChI is InChI=1S/C26H24Cl2FN5O2/c1-2-23(35)34-14-3-4-15(34)10-16(9-14)33-7-8-36-22-12-20-17(11-21(22)33)26(31-13-30-20)32-19-6-5-18(27)24(28)25(19)29/h2,5-6,11-16H,1,3-4,7-10H2,(H,30,31,32). The Hall–Kier alpha value is -3.10. The number of anilines is 3. The number of ether oxygens (including phenoxy) is 1. The molecule has 2 bridgehead atoms. The maximum absolute atomic E-state index is 14.7. The smallest absolute Gasteiger partial charge is 0.246 e. The highest BCUT2D eigenvalue weighted by Crippen LogP contribution is 2.44. The van der Waals surface area contributed by atoms with E-state index in [-0.39, 0.29) is 39.8 Å². The maximum Gasteiger partial charge on any atom is 0.246 e. The van der Waals surface area contributed by atoms with Crippen LogP contribution >= 0.6 is 23.2 Å². The van der Waals surface area contributed by atoms with Crippen molar-refractivity contribution >= 4 is 57.2 Å². The predicted molar refractivity (Wildman–Crippen MR) is 139 cm³/mol. The molecular formula is C26H24Cl2FN5O2. The molecule has 2 fully saturated rings. The summed E-state index contributed by atoms with van der Waals surface area (Å²) in [5.41, 5.74) is 1.81. The van der Waals surface area contributed by atoms with Gasteiger partial charge in [-0.05, 0) is 50.0 Å². The molecule has 3 aliphatic heterocycles. The summed E-state index contributed by atoms with van der Waals surface area (Å²) in [6.45, 7) is 5.00. The Balaban J connectivity index is 1.35. The molecule has 0 saturated carbocycles. The number of fused-ring (bicyclic) bond motifs is 4. The molecule has 1 aromatic heterocycles. The van der Waals surface area contributed by atoms with Crippen LogP contribution in [0, 0.1) is 5.82 Å². The van der Waals surface area contributed by atoms with Crippen LogP contribution in [0.25, 0.3) is 10.9 Å². The van der Waals surface area contributed by atoms with Crippen molar-refractivity contribution in [1.29, 1.82) is 0 Å². The first-order chi connectivity index (χ1) is 17.4. The molecule has 186 valence electrons. The normalized spacial score (nSPS) is 22.8. The molecule has 0 spiro atoms. The fraction of sp³-hybridized carbons (Fsp3) is 0.346. The fourth-order valence-electron chi connectivity index (χ4n) is 5.88. The largest absolute Gasteiger partial charge is 0.489 e. The van der Waals surface area contributed by atoms with Gasteiger partial charge >= 0.3 is 0 Å². The fourth-order valence-corrected chi connectivity index (χ4v) is 6.19. The zero-order valence-corrected chi connectivity index (χ0v) is 20.9. The number of hydrogen-bond donors (Lipinski definition) is 1. The molecule has 4 heterocycles. The van der Waals surface area contributed by atoms with Crippen LogP contribution in [-0.4, -0.2) is 52.1 Å². The number of piperidine rings is 1. The number of nitrogens with zero attached hydrogens (tertiary/aromatic N) is 4. The molecule has 2 unspecified atom stereocenters. The first kappa shape index (κ1) is 23.3. The van der Waals surface area contributed by atoms with Crippen molar-refractivity contribution in [2.24, 2.45) is 0 Å². The number of carbonyl (C=O) groups is 1. The highest BCUT2D eigenvalue weighted by atomic mass is 35.5. The molecule has 3 aromatic rings. The molecule has 2 atom stereocenters. The molecule has 0 aliphatic carbocycles. The second-order valence-corrected chi connectivity index (χ2v) is 10.2. The van der Waals surface area contributed by atoms with Gasteiger partial charge in [-0.15, -0.1) is 0 Å². The van der Waals surface area contributed by atoms with E-state index in [2.05, 4.69) is 26.8 Å². The summed E-state index contributed by atoms with van der Waals surface area (Å²) in [6.07, 6.45) is 6.70. The van der Waals surface area contributed by atoms with Crippen molar-refractivity contribution in [1.82, 2.24) is 14.9 Å². The van der Waals surface area contributed by atoms with Crippen molar-refractivity contribution in [3.05, 3.63) is 59.1 Å². The molecule has 1 N–H and O–H groups in total. The van der Waals surface area contributed by atoms with Crippen molar-refractivity contribution in [3.8, 4) is 5.75 Å². The monoisotopic (exact) mass is 527 g/mol. The first-order valence-corrected chi connectivity index (χ1v) is 12.7. The van der Waals surface area contributed by atoms with Crippen molar-refractivity contribution in [3.63, 3.8) is 0 Å². The third-order valence-electron chi connectivity index (χ3n) is 7.48. The van der Waals surface area contributed by atoms with E-state index in [0.717, 1.165) is 49.1 Å². The van der Waals surface area contributed by atoms with E-state index in [0.29, 0.717) is 17.9 Å². The molecule has 3 aliphatic rings. The van der Waals surface area contributed by atoms with Gasteiger partial charge in [0.2, 0.25) is 5.91 Å². The maximum atomic E-state index is 14.7. The highest BCUT2D eigenvalue weighted by Gasteiger charge is 2.44. The molecular weight excluding hydrogens is 504 g/mol. The van der Waals surface area contributed by atoms with Crippen LogP contribution in [0.3, 0.4) is 0 Å². The average molecular weight is 528 g/mol. The van der Waals surface area contributed by atoms with E-state index in [1.807, 2.05) is 17.0 Å². The van der Waals surface area contributed by atoms with Gasteiger partial charge < -0.3 is 19.9 Å². The number of nitrogens with one attached hydrogen (secondary N) is 1. The SMILES string of the molecule is C=CC(=O)N1C2CCC1CC(N1CCOc3cc4ncnc(Nc5ccc(Cl)c(Cl)c5F)c4cc31)C2. The van der Waals surface area contributed by atoms with Gasteiger partial charge in [0.25, 0.3) is 0 Å². The summed E-state index contributed by atoms with van der Waals surface area (Å²) in [5, 5.41) is 3.78. The predicted octanol–water partition coefficient (Wildman–Crippen LogP) is 5.73. The Morgan fingerprint density at radius 1 is 1.17 bits per heavy atom. The van der Waals surface area contributed by atoms with Gasteiger partial charge in [-0.1, -0.05) is 29.8 Å². The molecule has 7 nitrogen and oxygen atoms in total. The Bertz CT molecular complexity index is 1370. The Morgan fingerprint density at radius 3 is 2.69 bits per heavy atom. The Kier molecular flexibility index (Phi) is 5.88. The molecule has 2 aromatic carbocycles. The number of aromatic nitrogens is 2. The second kappa shape index (κ2) is 9.09. The van der Waals surface area contributed by atoms with Gasteiger partial charge in [0.1, 0.15) is 24.5 Å². The first-order valence-electron chi connectivity index (χ1n) is 12.0. The highest BCUT2D eigenvalue weighted by molar-refractivity contribution is 6.42. The third kappa shape index (κ3) is 3.83. The van der Waals surface area contributed by atoms with Crippen molar-refractivity contribution in [2.45, 2.75) is 43.8 Å². The summed E-state index contributed by atoms with van der Waals surface area (Å²) in [6, 6.07) is 7.70. The van der Waals surface area contributed by atoms with Crippen LogP contribution in [0.5, 0.6) is 5.75 Å². The van der Waals surface area contributed by atoms with Crippen LogP contribution in [-0.2, 0) is 4.79 Å². The van der Waals surface area contributed by atoms with Crippen molar-refractivity contribution < 1.29 is 13.9 Å². The number of halogens is 3. The molecule has 1 amide bonds. The summed E-state index contributed by atoms with van der Waals surface area (Å²) in [4.78, 5) is 25.6. The molecule has 2 saturated heterocycles. The van der Waals surface area contributed by atoms with Crippen LogP contribution in [0.15, 0.2) is 43.2 Å². The number of carbonyl (C=O) groups excluding carboxylic acids is 1. The summed E-state index contributed by atoms with van der Waals surface area (Å²) < 4.78 is 20.7. The average Bonchev–Trinajstić information content (AvgIpc) is 3.16. The van der Waals surface area contributed by atoms with E-state index in [1.54, 1.807) is 0 Å². The minimum Gasteiger partial charge on any atom is -0.489 e. The van der Waals surface area contributed by atoms with E-state index in [4.69, 9.17) is 27.9 Å². The summed E-state index contributed by atoms with van der Waals surface area (Å²) >= 11 is 11.9. The van der Waals surface area contributed by atoms with Crippen LogP contribution in [0.1, 0.15) is 25.7 Å². The van der Waals surface area contributed by atoms with Gasteiger partial charge in [0, 0.05) is 29.6 Å². The zero-order valence-electron chi connectivity index (χ0n) is 19.4. The lowest BCUT2D eigenvalue weighted by atomic mass is 9.94. The Morgan fingerprint density at radius 2 is 1.94 bits per heavy atom. The quantitative estimate of drug-likeness (QED) is 0.345. The summed E-state index contributed by atoms with van der Waals surface area (Å²) in [5.74, 6) is 0.597. The number of amides is 1. The van der Waals surface area contributed by atoms with Crippen LogP contribution < -0.4 is 15.0 Å². The Labute approximate surface area is 217 Å². The van der Waals surface area contributed by atoms with E-state index >= 15 is 0 Å². The van der Waals surface area contributed by atoms with E-state index in [9.17, 15) is 9.18 Å². The minimum atomic E-state index is -0.643. The number of rotatable bonds is 4. The van der Waals surface area contributed by atoms with Gasteiger partial charge in [-0.3, -0.25) is 4.79 Å². The molecule has 6 rings (SSSR count). The second-order valence-electron chi connectivity index (χ2n) is 9.41. The zero-order chi connectivity index (χ0) is 25.0. The minimum absolute atomic E-state index is 0.0247. The van der Waals surface area contributed by atoms with Crippen LogP contribution in [0.2, 0.25) is 10.0 Å². The molecule has 10 heteroatoms. The topological polar surface area (TPSA) is 70.6 Å². The van der Waals surface area contributed by atoms with Gasteiger partial charge in [-0.2, -0.15) is 0 Å². The van der Waals surface area contributed by atoms with E-state index in [1.165, 1.54) is 24.5 Å². The number of benzene rings is 2. The lowest BCUT2D eigenvalue weighted by Gasteiger charge is -2.45. The lowest BCUT2D eigenvalue weighted by Crippen LogP contribution is -2.53. The lowest BCUT2D eigenvalue weighted by molar-refractivity contribution is -0.130. The van der Waals surface area contributed by atoms with Gasteiger partial charge in [-0.25, -0.2) is 14.4 Å². The van der Waals surface area contributed by atoms with Crippen molar-refractivity contribution in [2.75, 3.05) is 23.4 Å². The van der Waals surface area contributed by atoms with Crippen LogP contribution in [0.4, 0.5) is 21.6 Å². The van der Waals surface area contributed by atoms with Gasteiger partial charge in [0.05, 0.1) is 33.5 Å². The molecule has 36 heavy (non-hydrogen) atoms. The number of hydrogen-bond acceptors (Lipinski definition) is 6. The third-order valence-corrected chi connectivity index (χ3v) is 8.26. The summed E-state index contributed by atoms with van der Waals surface area (Å²) in [7, 11) is 0.